The molecule has 2 N–H and O–H groups in total. The van der Waals surface area contributed by atoms with Gasteiger partial charge in [0.05, 0.1) is 12.1 Å². The first-order chi connectivity index (χ1) is 9.58. The first kappa shape index (κ1) is 13.8. The quantitative estimate of drug-likeness (QED) is 0.677. The van der Waals surface area contributed by atoms with Gasteiger partial charge in [-0.3, -0.25) is 4.79 Å². The molecule has 0 bridgehead atoms. The largest absolute Gasteiger partial charge is 0.460 e. The molecule has 0 saturated heterocycles. The molecule has 2 aromatic rings. The number of carbonyl (C=O) groups excluding carboxylic acids is 1. The molecule has 0 fully saturated rings. The standard InChI is InChI=1S/C14H13FN2O3/c15-10-4-5-12(16)11(9-10)14(19)20-8-7-17-6-2-1-3-13(17)18/h1-6,9H,7-8,16H2. The fourth-order valence-corrected chi connectivity index (χ4v) is 1.67. The second kappa shape index (κ2) is 6.01. The second-order valence-corrected chi connectivity index (χ2v) is 4.10. The SMILES string of the molecule is Nc1ccc(F)cc1C(=O)OCCn1ccccc1=O. The van der Waals surface area contributed by atoms with E-state index in [1.165, 1.54) is 16.7 Å². The van der Waals surface area contributed by atoms with Crippen LogP contribution in [-0.2, 0) is 11.3 Å². The number of pyridine rings is 1. The second-order valence-electron chi connectivity index (χ2n) is 4.10. The Hall–Kier alpha value is -2.63. The Morgan fingerprint density at radius 2 is 2.10 bits per heavy atom. The molecule has 0 atom stereocenters. The first-order valence-electron chi connectivity index (χ1n) is 5.95. The highest BCUT2D eigenvalue weighted by Crippen LogP contribution is 2.14. The summed E-state index contributed by atoms with van der Waals surface area (Å²) in [6.07, 6.45) is 1.59. The Morgan fingerprint density at radius 3 is 2.85 bits per heavy atom. The number of anilines is 1. The summed E-state index contributed by atoms with van der Waals surface area (Å²) in [5.41, 5.74) is 5.51. The van der Waals surface area contributed by atoms with Crippen molar-refractivity contribution in [3.63, 3.8) is 0 Å². The van der Waals surface area contributed by atoms with Crippen LogP contribution in [0.25, 0.3) is 0 Å². The molecule has 1 heterocycles. The van der Waals surface area contributed by atoms with Gasteiger partial charge in [0.1, 0.15) is 12.4 Å². The van der Waals surface area contributed by atoms with E-state index in [1.807, 2.05) is 0 Å². The summed E-state index contributed by atoms with van der Waals surface area (Å²) >= 11 is 0. The van der Waals surface area contributed by atoms with Crippen LogP contribution in [0.1, 0.15) is 10.4 Å². The first-order valence-corrected chi connectivity index (χ1v) is 5.95. The van der Waals surface area contributed by atoms with Crippen LogP contribution in [0.4, 0.5) is 10.1 Å². The molecule has 6 heteroatoms. The summed E-state index contributed by atoms with van der Waals surface area (Å²) in [5, 5.41) is 0. The van der Waals surface area contributed by atoms with Gasteiger partial charge < -0.3 is 15.0 Å². The lowest BCUT2D eigenvalue weighted by Gasteiger charge is -2.08. The number of nitrogens with zero attached hydrogens (tertiary/aromatic N) is 1. The van der Waals surface area contributed by atoms with E-state index in [-0.39, 0.29) is 30.0 Å². The maximum absolute atomic E-state index is 13.0. The van der Waals surface area contributed by atoms with Gasteiger partial charge >= 0.3 is 5.97 Å². The lowest BCUT2D eigenvalue weighted by atomic mass is 10.2. The summed E-state index contributed by atoms with van der Waals surface area (Å²) in [5.74, 6) is -1.28. The molecule has 5 nitrogen and oxygen atoms in total. The number of benzene rings is 1. The molecule has 0 aliphatic heterocycles. The van der Waals surface area contributed by atoms with Crippen molar-refractivity contribution in [1.29, 1.82) is 0 Å². The Bertz CT molecular complexity index is 682. The topological polar surface area (TPSA) is 74.3 Å². The molecule has 2 rings (SSSR count). The van der Waals surface area contributed by atoms with Gasteiger partial charge in [0.2, 0.25) is 0 Å². The maximum atomic E-state index is 13.0. The van der Waals surface area contributed by atoms with E-state index in [9.17, 15) is 14.0 Å². The summed E-state index contributed by atoms with van der Waals surface area (Å²) < 4.78 is 19.4. The fraction of sp³-hybridized carbons (Fsp3) is 0.143. The van der Waals surface area contributed by atoms with Crippen molar-refractivity contribution >= 4 is 11.7 Å². The van der Waals surface area contributed by atoms with Gasteiger partial charge in [0, 0.05) is 18.0 Å². The van der Waals surface area contributed by atoms with Crippen LogP contribution in [0.5, 0.6) is 0 Å². The van der Waals surface area contributed by atoms with Crippen LogP contribution in [0, 0.1) is 5.82 Å². The molecule has 0 aliphatic rings. The van der Waals surface area contributed by atoms with E-state index in [0.717, 1.165) is 12.1 Å². The number of rotatable bonds is 4. The minimum absolute atomic E-state index is 0.00128. The zero-order chi connectivity index (χ0) is 14.5. The van der Waals surface area contributed by atoms with Gasteiger partial charge in [-0.05, 0) is 24.3 Å². The zero-order valence-electron chi connectivity index (χ0n) is 10.6. The van der Waals surface area contributed by atoms with Crippen LogP contribution in [0.15, 0.2) is 47.4 Å². The van der Waals surface area contributed by atoms with E-state index in [0.29, 0.717) is 0 Å². The van der Waals surface area contributed by atoms with Gasteiger partial charge in [-0.1, -0.05) is 6.07 Å². The molecule has 20 heavy (non-hydrogen) atoms. The molecular weight excluding hydrogens is 263 g/mol. The highest BCUT2D eigenvalue weighted by molar-refractivity contribution is 5.95. The summed E-state index contributed by atoms with van der Waals surface area (Å²) in [6.45, 7) is 0.222. The van der Waals surface area contributed by atoms with E-state index >= 15 is 0 Å². The van der Waals surface area contributed by atoms with Crippen LogP contribution in [0.3, 0.4) is 0 Å². The minimum Gasteiger partial charge on any atom is -0.460 e. The van der Waals surface area contributed by atoms with E-state index in [1.54, 1.807) is 18.3 Å². The Balaban J connectivity index is 1.98. The van der Waals surface area contributed by atoms with E-state index in [4.69, 9.17) is 10.5 Å². The zero-order valence-corrected chi connectivity index (χ0v) is 10.6. The summed E-state index contributed by atoms with van der Waals surface area (Å²) in [4.78, 5) is 23.2. The smallest absolute Gasteiger partial charge is 0.340 e. The third-order valence-corrected chi connectivity index (χ3v) is 2.70. The Morgan fingerprint density at radius 1 is 1.30 bits per heavy atom. The highest BCUT2D eigenvalue weighted by Gasteiger charge is 2.12. The van der Waals surface area contributed by atoms with Crippen molar-refractivity contribution in [2.24, 2.45) is 0 Å². The minimum atomic E-state index is -0.717. The van der Waals surface area contributed by atoms with Crippen LogP contribution in [0.2, 0.25) is 0 Å². The lowest BCUT2D eigenvalue weighted by molar-refractivity contribution is 0.0491. The van der Waals surface area contributed by atoms with E-state index in [2.05, 4.69) is 0 Å². The van der Waals surface area contributed by atoms with Crippen molar-refractivity contribution < 1.29 is 13.9 Å². The normalized spacial score (nSPS) is 10.2. The number of halogens is 1. The molecule has 1 aromatic carbocycles. The van der Waals surface area contributed by atoms with Crippen molar-refractivity contribution in [2.45, 2.75) is 6.54 Å². The number of hydrogen-bond acceptors (Lipinski definition) is 4. The monoisotopic (exact) mass is 276 g/mol. The van der Waals surface area contributed by atoms with Gasteiger partial charge in [-0.25, -0.2) is 9.18 Å². The summed E-state index contributed by atoms with van der Waals surface area (Å²) in [7, 11) is 0. The molecule has 0 spiro atoms. The van der Waals surface area contributed by atoms with Crippen molar-refractivity contribution in [3.8, 4) is 0 Å². The molecule has 0 radical (unpaired) electrons. The van der Waals surface area contributed by atoms with Gasteiger partial charge in [0.25, 0.3) is 5.56 Å². The van der Waals surface area contributed by atoms with Crippen molar-refractivity contribution in [2.75, 3.05) is 12.3 Å². The molecule has 0 aliphatic carbocycles. The lowest BCUT2D eigenvalue weighted by Crippen LogP contribution is -2.21. The number of nitrogen functional groups attached to an aromatic ring is 1. The van der Waals surface area contributed by atoms with Gasteiger partial charge in [-0.15, -0.1) is 0 Å². The number of carbonyl (C=O) groups is 1. The van der Waals surface area contributed by atoms with Crippen molar-refractivity contribution in [1.82, 2.24) is 4.57 Å². The molecule has 0 unspecified atom stereocenters. The predicted molar refractivity (Wildman–Crippen MR) is 71.8 cm³/mol. The number of hydrogen-bond donors (Lipinski definition) is 1. The molecule has 0 amide bonds. The molecule has 104 valence electrons. The Kier molecular flexibility index (Phi) is 4.14. The number of esters is 1. The number of aromatic nitrogens is 1. The van der Waals surface area contributed by atoms with Crippen LogP contribution in [-0.4, -0.2) is 17.1 Å². The fourth-order valence-electron chi connectivity index (χ4n) is 1.67. The Labute approximate surface area is 114 Å². The average Bonchev–Trinajstić information content (AvgIpc) is 2.43. The number of nitrogens with two attached hydrogens (primary N) is 1. The van der Waals surface area contributed by atoms with Crippen LogP contribution >= 0.6 is 0 Å². The molecular formula is C14H13FN2O3. The van der Waals surface area contributed by atoms with Gasteiger partial charge in [-0.2, -0.15) is 0 Å². The van der Waals surface area contributed by atoms with E-state index < -0.39 is 11.8 Å². The highest BCUT2D eigenvalue weighted by atomic mass is 19.1. The van der Waals surface area contributed by atoms with Crippen LogP contribution < -0.4 is 11.3 Å². The summed E-state index contributed by atoms with van der Waals surface area (Å²) in [6, 6.07) is 8.22. The predicted octanol–water partition coefficient (Wildman–Crippen LogP) is 1.43. The average molecular weight is 276 g/mol. The van der Waals surface area contributed by atoms with Gasteiger partial charge in [0.15, 0.2) is 0 Å². The van der Waals surface area contributed by atoms with Crippen molar-refractivity contribution in [3.05, 3.63) is 64.3 Å². The third-order valence-electron chi connectivity index (χ3n) is 2.70. The number of ether oxygens (including phenoxy) is 1. The maximum Gasteiger partial charge on any atom is 0.340 e. The molecule has 1 aromatic heterocycles. The molecule has 0 saturated carbocycles. The third kappa shape index (κ3) is 3.23.